The second kappa shape index (κ2) is 5.32. The Hall–Kier alpha value is -2.01. The SMILES string of the molecule is CN(Cc1nccn1C)C(=O)c1ccc(Cl)cc1N. The fourth-order valence-corrected chi connectivity index (χ4v) is 1.95. The highest BCUT2D eigenvalue weighted by atomic mass is 35.5. The van der Waals surface area contributed by atoms with Crippen molar-refractivity contribution < 1.29 is 4.79 Å². The van der Waals surface area contributed by atoms with Crippen LogP contribution in [-0.2, 0) is 13.6 Å². The molecule has 2 aromatic rings. The van der Waals surface area contributed by atoms with E-state index in [-0.39, 0.29) is 5.91 Å². The van der Waals surface area contributed by atoms with Gasteiger partial charge >= 0.3 is 0 Å². The van der Waals surface area contributed by atoms with Crippen molar-refractivity contribution >= 4 is 23.2 Å². The predicted octanol–water partition coefficient (Wildman–Crippen LogP) is 1.93. The molecule has 2 rings (SSSR count). The van der Waals surface area contributed by atoms with Gasteiger partial charge in [-0.05, 0) is 18.2 Å². The number of aryl methyl sites for hydroxylation is 1. The quantitative estimate of drug-likeness (QED) is 0.873. The third-order valence-electron chi connectivity index (χ3n) is 2.89. The molecule has 0 aliphatic heterocycles. The molecule has 19 heavy (non-hydrogen) atoms. The van der Waals surface area contributed by atoms with Crippen LogP contribution in [0.15, 0.2) is 30.6 Å². The van der Waals surface area contributed by atoms with E-state index < -0.39 is 0 Å². The van der Waals surface area contributed by atoms with E-state index in [2.05, 4.69) is 4.98 Å². The number of aromatic nitrogens is 2. The third kappa shape index (κ3) is 2.88. The van der Waals surface area contributed by atoms with E-state index >= 15 is 0 Å². The lowest BCUT2D eigenvalue weighted by Gasteiger charge is -2.18. The maximum Gasteiger partial charge on any atom is 0.256 e. The number of nitrogens with two attached hydrogens (primary N) is 1. The molecule has 0 bridgehead atoms. The largest absolute Gasteiger partial charge is 0.398 e. The summed E-state index contributed by atoms with van der Waals surface area (Å²) in [4.78, 5) is 18.0. The van der Waals surface area contributed by atoms with E-state index in [0.29, 0.717) is 22.8 Å². The smallest absolute Gasteiger partial charge is 0.256 e. The molecular weight excluding hydrogens is 264 g/mol. The average Bonchev–Trinajstić information content (AvgIpc) is 2.74. The van der Waals surface area contributed by atoms with Crippen molar-refractivity contribution in [2.45, 2.75) is 6.54 Å². The molecule has 0 radical (unpaired) electrons. The lowest BCUT2D eigenvalue weighted by atomic mass is 10.1. The Morgan fingerprint density at radius 3 is 2.84 bits per heavy atom. The molecule has 0 atom stereocenters. The van der Waals surface area contributed by atoms with Crippen LogP contribution in [0, 0.1) is 0 Å². The predicted molar refractivity (Wildman–Crippen MR) is 74.9 cm³/mol. The number of halogens is 1. The lowest BCUT2D eigenvalue weighted by Crippen LogP contribution is -2.28. The van der Waals surface area contributed by atoms with Crippen molar-refractivity contribution in [3.05, 3.63) is 47.0 Å². The zero-order valence-electron chi connectivity index (χ0n) is 10.8. The van der Waals surface area contributed by atoms with Crippen LogP contribution in [0.4, 0.5) is 5.69 Å². The molecule has 1 aromatic carbocycles. The van der Waals surface area contributed by atoms with E-state index in [9.17, 15) is 4.79 Å². The van der Waals surface area contributed by atoms with Gasteiger partial charge < -0.3 is 15.2 Å². The number of benzene rings is 1. The highest BCUT2D eigenvalue weighted by molar-refractivity contribution is 6.31. The van der Waals surface area contributed by atoms with Crippen molar-refractivity contribution in [1.29, 1.82) is 0 Å². The molecule has 5 nitrogen and oxygen atoms in total. The molecule has 0 saturated heterocycles. The van der Waals surface area contributed by atoms with Gasteiger partial charge in [0.2, 0.25) is 0 Å². The minimum Gasteiger partial charge on any atom is -0.398 e. The molecule has 1 aromatic heterocycles. The maximum atomic E-state index is 12.3. The number of amides is 1. The van der Waals surface area contributed by atoms with Crippen molar-refractivity contribution in [2.24, 2.45) is 7.05 Å². The number of nitrogens with zero attached hydrogens (tertiary/aromatic N) is 3. The van der Waals surface area contributed by atoms with Crippen molar-refractivity contribution in [3.63, 3.8) is 0 Å². The molecule has 0 aliphatic carbocycles. The zero-order chi connectivity index (χ0) is 14.0. The fourth-order valence-electron chi connectivity index (χ4n) is 1.77. The number of rotatable bonds is 3. The minimum absolute atomic E-state index is 0.155. The Balaban J connectivity index is 2.17. The summed E-state index contributed by atoms with van der Waals surface area (Å²) in [5.74, 6) is 0.653. The Bertz CT molecular complexity index is 608. The average molecular weight is 279 g/mol. The van der Waals surface area contributed by atoms with E-state index in [1.54, 1.807) is 36.3 Å². The second-order valence-corrected chi connectivity index (χ2v) is 4.78. The van der Waals surface area contributed by atoms with Crippen LogP contribution >= 0.6 is 11.6 Å². The van der Waals surface area contributed by atoms with Gasteiger partial charge in [0.05, 0.1) is 12.1 Å². The number of hydrogen-bond donors (Lipinski definition) is 1. The topological polar surface area (TPSA) is 64.2 Å². The first-order chi connectivity index (χ1) is 8.99. The van der Waals surface area contributed by atoms with Crippen LogP contribution in [0.1, 0.15) is 16.2 Å². The van der Waals surface area contributed by atoms with Crippen molar-refractivity contribution in [1.82, 2.24) is 14.5 Å². The highest BCUT2D eigenvalue weighted by Crippen LogP contribution is 2.19. The number of anilines is 1. The second-order valence-electron chi connectivity index (χ2n) is 4.35. The molecule has 6 heteroatoms. The number of carbonyl (C=O) groups is 1. The molecule has 0 unspecified atom stereocenters. The Kier molecular flexibility index (Phi) is 3.76. The zero-order valence-corrected chi connectivity index (χ0v) is 11.6. The number of carbonyl (C=O) groups excluding carboxylic acids is 1. The molecule has 0 fully saturated rings. The summed E-state index contributed by atoms with van der Waals surface area (Å²) in [6.45, 7) is 0.421. The molecule has 2 N–H and O–H groups in total. The van der Waals surface area contributed by atoms with Gasteiger partial charge in [-0.25, -0.2) is 4.98 Å². The van der Waals surface area contributed by atoms with Crippen LogP contribution < -0.4 is 5.73 Å². The molecule has 100 valence electrons. The minimum atomic E-state index is -0.155. The molecule has 1 amide bonds. The van der Waals surface area contributed by atoms with Gasteiger partial charge in [0, 0.05) is 37.2 Å². The standard InChI is InChI=1S/C13H15ClN4O/c1-17-6-5-16-12(17)8-18(2)13(19)10-4-3-9(14)7-11(10)15/h3-7H,8,15H2,1-2H3. The summed E-state index contributed by atoms with van der Waals surface area (Å²) >= 11 is 5.82. The van der Waals surface area contributed by atoms with Gasteiger partial charge in [-0.1, -0.05) is 11.6 Å². The van der Waals surface area contributed by atoms with Crippen molar-refractivity contribution in [2.75, 3.05) is 12.8 Å². The molecular formula is C13H15ClN4O. The summed E-state index contributed by atoms with van der Waals surface area (Å²) in [6.07, 6.45) is 3.54. The number of hydrogen-bond acceptors (Lipinski definition) is 3. The summed E-state index contributed by atoms with van der Waals surface area (Å²) in [7, 11) is 3.60. The molecule has 1 heterocycles. The van der Waals surface area contributed by atoms with Crippen LogP contribution in [0.2, 0.25) is 5.02 Å². The molecule has 0 spiro atoms. The van der Waals surface area contributed by atoms with Gasteiger partial charge in [-0.2, -0.15) is 0 Å². The van der Waals surface area contributed by atoms with E-state index in [1.807, 2.05) is 17.8 Å². The van der Waals surface area contributed by atoms with Gasteiger partial charge in [-0.3, -0.25) is 4.79 Å². The Morgan fingerprint density at radius 2 is 2.26 bits per heavy atom. The van der Waals surface area contributed by atoms with Gasteiger partial charge in [-0.15, -0.1) is 0 Å². The monoisotopic (exact) mass is 278 g/mol. The van der Waals surface area contributed by atoms with E-state index in [0.717, 1.165) is 5.82 Å². The van der Waals surface area contributed by atoms with Crippen LogP contribution in [0.5, 0.6) is 0 Å². The number of nitrogen functional groups attached to an aromatic ring is 1. The van der Waals surface area contributed by atoms with Crippen molar-refractivity contribution in [3.8, 4) is 0 Å². The molecule has 0 saturated carbocycles. The van der Waals surface area contributed by atoms with Gasteiger partial charge in [0.1, 0.15) is 5.82 Å². The summed E-state index contributed by atoms with van der Waals surface area (Å²) < 4.78 is 1.87. The normalized spacial score (nSPS) is 10.5. The summed E-state index contributed by atoms with van der Waals surface area (Å²) in [6, 6.07) is 4.86. The Labute approximate surface area is 116 Å². The van der Waals surface area contributed by atoms with Gasteiger partial charge in [0.25, 0.3) is 5.91 Å². The van der Waals surface area contributed by atoms with E-state index in [4.69, 9.17) is 17.3 Å². The molecule has 0 aliphatic rings. The first-order valence-corrected chi connectivity index (χ1v) is 6.13. The fraction of sp³-hybridized carbons (Fsp3) is 0.231. The van der Waals surface area contributed by atoms with E-state index in [1.165, 1.54) is 0 Å². The lowest BCUT2D eigenvalue weighted by molar-refractivity contribution is 0.0781. The van der Waals surface area contributed by atoms with Gasteiger partial charge in [0.15, 0.2) is 0 Å². The Morgan fingerprint density at radius 1 is 1.53 bits per heavy atom. The van der Waals surface area contributed by atoms with Crippen LogP contribution in [0.25, 0.3) is 0 Å². The first-order valence-electron chi connectivity index (χ1n) is 5.75. The summed E-state index contributed by atoms with van der Waals surface area (Å²) in [5, 5.41) is 0.515. The van der Waals surface area contributed by atoms with Crippen LogP contribution in [-0.4, -0.2) is 27.4 Å². The van der Waals surface area contributed by atoms with Crippen LogP contribution in [0.3, 0.4) is 0 Å². The summed E-state index contributed by atoms with van der Waals surface area (Å²) in [5.41, 5.74) is 6.63. The third-order valence-corrected chi connectivity index (χ3v) is 3.13. The highest BCUT2D eigenvalue weighted by Gasteiger charge is 2.16. The first kappa shape index (κ1) is 13.4. The maximum absolute atomic E-state index is 12.3. The number of imidazole rings is 1.